The molecule has 174 valence electrons. The molecule has 0 spiro atoms. The molecule has 1 aliphatic rings. The van der Waals surface area contributed by atoms with Crippen molar-refractivity contribution in [3.05, 3.63) is 22.7 Å². The van der Waals surface area contributed by atoms with Gasteiger partial charge in [0.25, 0.3) is 0 Å². The molecular weight excluding hydrogens is 491 g/mol. The number of ether oxygens (including phenoxy) is 1. The van der Waals surface area contributed by atoms with Gasteiger partial charge in [0.2, 0.25) is 0 Å². The lowest BCUT2D eigenvalue weighted by atomic mass is 9.95. The van der Waals surface area contributed by atoms with Crippen molar-refractivity contribution in [1.82, 2.24) is 9.55 Å². The van der Waals surface area contributed by atoms with Crippen molar-refractivity contribution >= 4 is 29.3 Å². The molecule has 0 radical (unpaired) electrons. The van der Waals surface area contributed by atoms with Crippen molar-refractivity contribution in [2.24, 2.45) is 0 Å². The number of hydrogen-bond acceptors (Lipinski definition) is 12. The number of anilines is 1. The van der Waals surface area contributed by atoms with Gasteiger partial charge in [0.05, 0.1) is 9.30 Å². The molecule has 20 heteroatoms. The summed E-state index contributed by atoms with van der Waals surface area (Å²) >= 11 is 0. The van der Waals surface area contributed by atoms with Crippen LogP contribution in [0.5, 0.6) is 0 Å². The first kappa shape index (κ1) is 22.7. The molecule has 1 fully saturated rings. The van der Waals surface area contributed by atoms with Gasteiger partial charge in [-0.15, -0.1) is 6.42 Å². The number of aliphatic hydroxyl groups excluding tert-OH is 1. The highest BCUT2D eigenvalue weighted by atomic mass is 31.3. The number of phosphoric ester groups is 1. The Morgan fingerprint density at radius 3 is 2.45 bits per heavy atom. The monoisotopic (exact) mass is 509 g/mol. The summed E-state index contributed by atoms with van der Waals surface area (Å²) in [6, 6.07) is 1.06. The Hall–Kier alpha value is -1.47. The highest BCUT2D eigenvalue weighted by Gasteiger charge is 2.56. The first-order valence-electron chi connectivity index (χ1n) is 8.46. The minimum Gasteiger partial charge on any atom is -0.386 e. The molecule has 0 bridgehead atoms. The third kappa shape index (κ3) is 6.28. The number of nitrogen functional groups attached to an aromatic ring is 1. The fourth-order valence-corrected chi connectivity index (χ4v) is 5.12. The second-order valence-corrected chi connectivity index (χ2v) is 10.0. The molecule has 1 saturated heterocycles. The lowest BCUT2D eigenvalue weighted by Gasteiger charge is -2.26. The van der Waals surface area contributed by atoms with Crippen molar-refractivity contribution in [2.45, 2.75) is 24.0 Å². The van der Waals surface area contributed by atoms with Crippen molar-refractivity contribution in [2.75, 3.05) is 12.3 Å². The van der Waals surface area contributed by atoms with Crippen LogP contribution in [0.15, 0.2) is 17.1 Å². The van der Waals surface area contributed by atoms with E-state index in [1.165, 1.54) is 0 Å². The van der Waals surface area contributed by atoms with Gasteiger partial charge in [-0.2, -0.15) is 13.6 Å². The second kappa shape index (κ2) is 8.81. The van der Waals surface area contributed by atoms with Crippen LogP contribution in [0.3, 0.4) is 0 Å². The average molecular weight is 509 g/mol. The van der Waals surface area contributed by atoms with Crippen LogP contribution in [0.1, 0.15) is 8.97 Å². The van der Waals surface area contributed by atoms with E-state index < -0.39 is 59.8 Å². The van der Waals surface area contributed by atoms with Crippen LogP contribution >= 0.6 is 23.5 Å². The molecule has 2 heterocycles. The Bertz CT molecular complexity index is 1170. The van der Waals surface area contributed by atoms with E-state index in [1.807, 2.05) is 0 Å². The van der Waals surface area contributed by atoms with Crippen LogP contribution in [0.2, 0.25) is 0 Å². The predicted octanol–water partition coefficient (Wildman–Crippen LogP) is -2.21. The van der Waals surface area contributed by atoms with Crippen molar-refractivity contribution in [3.8, 4) is 12.3 Å². The number of hydrogen-bond donors (Lipinski definition) is 7. The maximum Gasteiger partial charge on any atom is 0.490 e. The number of rotatable bonds is 8. The number of terminal acetylenes is 1. The van der Waals surface area contributed by atoms with Gasteiger partial charge < -0.3 is 40.3 Å². The number of aromatic nitrogens is 2. The zero-order valence-electron chi connectivity index (χ0n) is 16.7. The Balaban J connectivity index is 2.35. The first-order chi connectivity index (χ1) is 14.7. The van der Waals surface area contributed by atoms with Crippen molar-refractivity contribution < 1.29 is 64.1 Å². The van der Waals surface area contributed by atoms with Gasteiger partial charge in [0, 0.05) is 6.20 Å². The normalized spacial score (nSPS) is 31.7. The van der Waals surface area contributed by atoms with Gasteiger partial charge in [0.1, 0.15) is 18.0 Å². The van der Waals surface area contributed by atoms with Crippen LogP contribution < -0.4 is 11.4 Å². The molecule has 0 aliphatic carbocycles. The highest BCUT2D eigenvalue weighted by Crippen LogP contribution is 2.66. The Morgan fingerprint density at radius 2 is 1.94 bits per heavy atom. The number of nitrogens with two attached hydrogens (primary N) is 1. The van der Waals surface area contributed by atoms with E-state index in [9.17, 15) is 33.6 Å². The molecule has 0 amide bonds. The average Bonchev–Trinajstić information content (AvgIpc) is 2.83. The van der Waals surface area contributed by atoms with E-state index in [4.69, 9.17) is 34.3 Å². The van der Waals surface area contributed by atoms with Gasteiger partial charge in [0.15, 0.2) is 11.8 Å². The third-order valence-corrected chi connectivity index (χ3v) is 7.09. The molecule has 6 atom stereocenters. The fourth-order valence-electron chi connectivity index (χ4n) is 2.24. The van der Waals surface area contributed by atoms with E-state index >= 15 is 0 Å². The van der Waals surface area contributed by atoms with Crippen molar-refractivity contribution in [1.29, 1.82) is 0 Å². The van der Waals surface area contributed by atoms with Crippen LogP contribution in [-0.2, 0) is 31.6 Å². The predicted molar refractivity (Wildman–Crippen MR) is 96.4 cm³/mol. The number of aliphatic hydroxyl groups is 2. The summed E-state index contributed by atoms with van der Waals surface area (Å²) in [6.45, 7) is -3.67. The van der Waals surface area contributed by atoms with E-state index in [0.717, 1.165) is 12.3 Å². The quantitative estimate of drug-likeness (QED) is 0.145. The lowest BCUT2D eigenvalue weighted by molar-refractivity contribution is -0.0760. The van der Waals surface area contributed by atoms with Gasteiger partial charge in [-0.25, -0.2) is 18.5 Å². The number of nitrogens with zero attached hydrogens (tertiary/aromatic N) is 2. The molecule has 31 heavy (non-hydrogen) atoms. The standard InChI is InChI=1S/C11H16N3O14P3/c1-2-11(17)8(15)6(26-9(11)14-4-3-7(12)13-10(14)16)5-25-30(21,22)28-31(23,24)27-29(18,19)20/h1,3-4,6,8-9,15,17H,5H2,(H,21,22)(H,23,24)(H2,12,13,16)(H2,18,19,20)/t6-,8+,9-,11?/m1/s1/i5D2. The largest absolute Gasteiger partial charge is 0.490 e. The van der Waals surface area contributed by atoms with Gasteiger partial charge in [-0.05, 0) is 6.07 Å². The van der Waals surface area contributed by atoms with Crippen LogP contribution in [0.4, 0.5) is 5.82 Å². The van der Waals surface area contributed by atoms with Crippen LogP contribution in [0, 0.1) is 12.3 Å². The molecule has 1 aromatic heterocycles. The molecule has 3 unspecified atom stereocenters. The summed E-state index contributed by atoms with van der Waals surface area (Å²) in [5.41, 5.74) is 1.33. The van der Waals surface area contributed by atoms with Gasteiger partial charge in [-0.3, -0.25) is 9.09 Å². The molecule has 8 N–H and O–H groups in total. The van der Waals surface area contributed by atoms with E-state index in [2.05, 4.69) is 18.1 Å². The Morgan fingerprint density at radius 1 is 1.32 bits per heavy atom. The van der Waals surface area contributed by atoms with Crippen LogP contribution in [0.25, 0.3) is 0 Å². The molecule has 17 nitrogen and oxygen atoms in total. The molecule has 0 aromatic carbocycles. The molecule has 1 aromatic rings. The summed E-state index contributed by atoms with van der Waals surface area (Å²) in [4.78, 5) is 51.1. The van der Waals surface area contributed by atoms with Gasteiger partial charge >= 0.3 is 29.2 Å². The van der Waals surface area contributed by atoms with Crippen molar-refractivity contribution in [3.63, 3.8) is 0 Å². The lowest BCUT2D eigenvalue weighted by Crippen LogP contribution is -2.47. The summed E-state index contributed by atoms with van der Waals surface area (Å²) in [5.74, 6) is 1.44. The summed E-state index contributed by atoms with van der Waals surface area (Å²) in [7, 11) is -17.7. The maximum atomic E-state index is 12.1. The zero-order chi connectivity index (χ0) is 25.6. The fraction of sp³-hybridized carbons (Fsp3) is 0.455. The Kier molecular flexibility index (Phi) is 6.46. The maximum absolute atomic E-state index is 12.1. The molecule has 1 aliphatic heterocycles. The van der Waals surface area contributed by atoms with E-state index in [1.54, 1.807) is 5.92 Å². The zero-order valence-corrected chi connectivity index (χ0v) is 17.4. The first-order valence-corrected chi connectivity index (χ1v) is 12.0. The van der Waals surface area contributed by atoms with Gasteiger partial charge in [-0.1, -0.05) is 5.92 Å². The smallest absolute Gasteiger partial charge is 0.386 e. The van der Waals surface area contributed by atoms with Crippen LogP contribution in [-0.4, -0.2) is 63.7 Å². The Labute approximate surface area is 175 Å². The topological polar surface area (TPSA) is 270 Å². The number of phosphoric acid groups is 3. The SMILES string of the molecule is [2H]C([2H])(OP(=O)(O)OP(=O)(O)OP(=O)(O)O)[C@H]1O[C@@H](n2ccc(N)nc2=O)C(O)(C#C)[C@H]1O. The molecule has 0 saturated carbocycles. The second-order valence-electron chi connectivity index (χ2n) is 5.67. The summed E-state index contributed by atoms with van der Waals surface area (Å²) in [6.07, 6.45) is -0.849. The summed E-state index contributed by atoms with van der Waals surface area (Å²) in [5, 5.41) is 21.0. The third-order valence-electron chi connectivity index (χ3n) is 3.43. The highest BCUT2D eigenvalue weighted by molar-refractivity contribution is 7.66. The van der Waals surface area contributed by atoms with E-state index in [0.29, 0.717) is 4.57 Å². The molecular formula is C11H16N3O14P3. The molecule has 2 rings (SSSR count). The summed E-state index contributed by atoms with van der Waals surface area (Å²) < 4.78 is 66.1. The minimum atomic E-state index is -6.04. The minimum absolute atomic E-state index is 0.251. The van der Waals surface area contributed by atoms with E-state index in [-0.39, 0.29) is 5.82 Å².